The van der Waals surface area contributed by atoms with Gasteiger partial charge >= 0.3 is 0 Å². The summed E-state index contributed by atoms with van der Waals surface area (Å²) in [7, 11) is 0. The van der Waals surface area contributed by atoms with Gasteiger partial charge in [0, 0.05) is 31.1 Å². The molecule has 1 aliphatic rings. The fourth-order valence-electron chi connectivity index (χ4n) is 2.57. The van der Waals surface area contributed by atoms with Crippen LogP contribution in [0.3, 0.4) is 0 Å². The first-order valence-electron chi connectivity index (χ1n) is 8.15. The summed E-state index contributed by atoms with van der Waals surface area (Å²) in [5, 5.41) is 5.00. The Morgan fingerprint density at radius 3 is 2.83 bits per heavy atom. The Balaban J connectivity index is 1.51. The van der Waals surface area contributed by atoms with Crippen molar-refractivity contribution in [3.05, 3.63) is 52.2 Å². The van der Waals surface area contributed by atoms with Crippen molar-refractivity contribution >= 4 is 17.2 Å². The molecule has 0 radical (unpaired) electrons. The highest BCUT2D eigenvalue weighted by atomic mass is 32.1. The molecule has 3 rings (SSSR count). The number of ether oxygens (including phenoxy) is 2. The van der Waals surface area contributed by atoms with E-state index in [1.54, 1.807) is 17.4 Å². The lowest BCUT2D eigenvalue weighted by Gasteiger charge is -2.26. The van der Waals surface area contributed by atoms with E-state index < -0.39 is 0 Å². The van der Waals surface area contributed by atoms with Gasteiger partial charge in [-0.05, 0) is 23.6 Å². The van der Waals surface area contributed by atoms with E-state index in [-0.39, 0.29) is 5.91 Å². The zero-order chi connectivity index (χ0) is 16.6. The third kappa shape index (κ3) is 4.80. The molecular formula is C18H22N2O3S. The first kappa shape index (κ1) is 17.0. The Morgan fingerprint density at radius 2 is 2.04 bits per heavy atom. The molecule has 1 aromatic carbocycles. The summed E-state index contributed by atoms with van der Waals surface area (Å²) in [6, 6.07) is 11.4. The summed E-state index contributed by atoms with van der Waals surface area (Å²) in [5.74, 6) is 0.528. The van der Waals surface area contributed by atoms with Crippen molar-refractivity contribution in [2.75, 3.05) is 39.4 Å². The molecule has 5 nitrogen and oxygen atoms in total. The number of benzene rings is 1. The van der Waals surface area contributed by atoms with Gasteiger partial charge in [-0.2, -0.15) is 0 Å². The molecular weight excluding hydrogens is 324 g/mol. The summed E-state index contributed by atoms with van der Waals surface area (Å²) in [6.45, 7) is 5.34. The number of carbonyl (C=O) groups is 1. The van der Waals surface area contributed by atoms with E-state index in [9.17, 15) is 4.79 Å². The molecule has 6 heteroatoms. The van der Waals surface area contributed by atoms with Gasteiger partial charge in [-0.3, -0.25) is 9.69 Å². The summed E-state index contributed by atoms with van der Waals surface area (Å²) < 4.78 is 11.1. The molecule has 2 aromatic rings. The number of thiophene rings is 1. The average Bonchev–Trinajstić information content (AvgIpc) is 3.14. The Kier molecular flexibility index (Phi) is 6.23. The minimum atomic E-state index is -0.0926. The fourth-order valence-corrected chi connectivity index (χ4v) is 3.19. The minimum absolute atomic E-state index is 0.0926. The maximum Gasteiger partial charge on any atom is 0.255 e. The molecule has 24 heavy (non-hydrogen) atoms. The number of para-hydroxylation sites is 1. The van der Waals surface area contributed by atoms with Gasteiger partial charge in [0.1, 0.15) is 12.4 Å². The maximum atomic E-state index is 12.4. The van der Waals surface area contributed by atoms with Crippen molar-refractivity contribution in [1.82, 2.24) is 10.2 Å². The van der Waals surface area contributed by atoms with E-state index in [1.807, 2.05) is 35.7 Å². The van der Waals surface area contributed by atoms with Gasteiger partial charge < -0.3 is 14.8 Å². The highest BCUT2D eigenvalue weighted by Gasteiger charge is 2.14. The van der Waals surface area contributed by atoms with Gasteiger partial charge in [0.05, 0.1) is 18.8 Å². The van der Waals surface area contributed by atoms with Gasteiger partial charge in [-0.15, -0.1) is 11.3 Å². The van der Waals surface area contributed by atoms with Crippen molar-refractivity contribution in [2.24, 2.45) is 0 Å². The van der Waals surface area contributed by atoms with Gasteiger partial charge in [0.25, 0.3) is 5.91 Å². The minimum Gasteiger partial charge on any atom is -0.487 e. The van der Waals surface area contributed by atoms with Crippen molar-refractivity contribution in [1.29, 1.82) is 0 Å². The number of carbonyl (C=O) groups excluding carboxylic acids is 1. The van der Waals surface area contributed by atoms with Crippen LogP contribution in [0.5, 0.6) is 5.75 Å². The van der Waals surface area contributed by atoms with Crippen LogP contribution in [-0.4, -0.2) is 50.2 Å². The van der Waals surface area contributed by atoms with E-state index in [4.69, 9.17) is 9.47 Å². The van der Waals surface area contributed by atoms with Crippen molar-refractivity contribution in [3.63, 3.8) is 0 Å². The molecule has 2 heterocycles. The van der Waals surface area contributed by atoms with Crippen LogP contribution in [0.2, 0.25) is 0 Å². The Morgan fingerprint density at radius 1 is 1.21 bits per heavy atom. The molecule has 0 unspecified atom stereocenters. The highest BCUT2D eigenvalue weighted by molar-refractivity contribution is 7.09. The maximum absolute atomic E-state index is 12.4. The van der Waals surface area contributed by atoms with Crippen molar-refractivity contribution < 1.29 is 14.3 Å². The smallest absolute Gasteiger partial charge is 0.255 e. The molecule has 0 bridgehead atoms. The molecule has 0 saturated carbocycles. The van der Waals surface area contributed by atoms with Gasteiger partial charge in [0.2, 0.25) is 0 Å². The zero-order valence-corrected chi connectivity index (χ0v) is 14.4. The molecule has 1 saturated heterocycles. The predicted octanol–water partition coefficient (Wildman–Crippen LogP) is 2.39. The Bertz CT molecular complexity index is 639. The van der Waals surface area contributed by atoms with E-state index in [2.05, 4.69) is 10.2 Å². The second-order valence-electron chi connectivity index (χ2n) is 5.57. The van der Waals surface area contributed by atoms with Crippen LogP contribution in [0.4, 0.5) is 0 Å². The summed E-state index contributed by atoms with van der Waals surface area (Å²) >= 11 is 1.64. The SMILES string of the molecule is O=C(NCCN1CCOCC1)c1ccccc1OCc1cccs1. The lowest BCUT2D eigenvalue weighted by molar-refractivity contribution is 0.0383. The third-order valence-corrected chi connectivity index (χ3v) is 4.75. The molecule has 0 atom stereocenters. The van der Waals surface area contributed by atoms with Crippen LogP contribution in [0.25, 0.3) is 0 Å². The molecule has 1 N–H and O–H groups in total. The number of hydrogen-bond acceptors (Lipinski definition) is 5. The summed E-state index contributed by atoms with van der Waals surface area (Å²) in [4.78, 5) is 15.9. The van der Waals surface area contributed by atoms with Crippen LogP contribution in [0.1, 0.15) is 15.2 Å². The molecule has 1 aromatic heterocycles. The summed E-state index contributed by atoms with van der Waals surface area (Å²) in [6.07, 6.45) is 0. The van der Waals surface area contributed by atoms with E-state index >= 15 is 0 Å². The number of hydrogen-bond donors (Lipinski definition) is 1. The number of nitrogens with zero attached hydrogens (tertiary/aromatic N) is 1. The van der Waals surface area contributed by atoms with E-state index in [0.29, 0.717) is 24.5 Å². The van der Waals surface area contributed by atoms with Gasteiger partial charge in [-0.1, -0.05) is 18.2 Å². The zero-order valence-electron chi connectivity index (χ0n) is 13.6. The summed E-state index contributed by atoms with van der Waals surface area (Å²) in [5.41, 5.74) is 0.580. The number of rotatable bonds is 7. The topological polar surface area (TPSA) is 50.8 Å². The lowest BCUT2D eigenvalue weighted by atomic mass is 10.2. The molecule has 1 fully saturated rings. The van der Waals surface area contributed by atoms with Crippen LogP contribution < -0.4 is 10.1 Å². The third-order valence-electron chi connectivity index (χ3n) is 3.90. The molecule has 1 amide bonds. The molecule has 0 aliphatic carbocycles. The number of amides is 1. The Hall–Kier alpha value is -1.89. The molecule has 128 valence electrons. The number of nitrogens with one attached hydrogen (secondary N) is 1. The standard InChI is InChI=1S/C18H22N2O3S/c21-18(19-7-8-20-9-11-22-12-10-20)16-5-1-2-6-17(16)23-14-15-4-3-13-24-15/h1-6,13H,7-12,14H2,(H,19,21). The average molecular weight is 346 g/mol. The largest absolute Gasteiger partial charge is 0.487 e. The van der Waals surface area contributed by atoms with Crippen LogP contribution >= 0.6 is 11.3 Å². The first-order valence-corrected chi connectivity index (χ1v) is 9.03. The van der Waals surface area contributed by atoms with Crippen LogP contribution in [-0.2, 0) is 11.3 Å². The molecule has 0 spiro atoms. The van der Waals surface area contributed by atoms with Crippen molar-refractivity contribution in [3.8, 4) is 5.75 Å². The lowest BCUT2D eigenvalue weighted by Crippen LogP contribution is -2.41. The van der Waals surface area contributed by atoms with Gasteiger partial charge in [-0.25, -0.2) is 0 Å². The van der Waals surface area contributed by atoms with E-state index in [0.717, 1.165) is 37.7 Å². The van der Waals surface area contributed by atoms with E-state index in [1.165, 1.54) is 0 Å². The van der Waals surface area contributed by atoms with Crippen LogP contribution in [0, 0.1) is 0 Å². The first-order chi connectivity index (χ1) is 11.8. The molecule has 1 aliphatic heterocycles. The second kappa shape index (κ2) is 8.82. The predicted molar refractivity (Wildman–Crippen MR) is 94.7 cm³/mol. The van der Waals surface area contributed by atoms with Crippen molar-refractivity contribution in [2.45, 2.75) is 6.61 Å². The monoisotopic (exact) mass is 346 g/mol. The van der Waals surface area contributed by atoms with Gasteiger partial charge in [0.15, 0.2) is 0 Å². The normalized spacial score (nSPS) is 15.2. The second-order valence-corrected chi connectivity index (χ2v) is 6.61. The quantitative estimate of drug-likeness (QED) is 0.836. The van der Waals surface area contributed by atoms with Crippen LogP contribution in [0.15, 0.2) is 41.8 Å². The number of morpholine rings is 1. The fraction of sp³-hybridized carbons (Fsp3) is 0.389. The Labute approximate surface area is 146 Å². The highest BCUT2D eigenvalue weighted by Crippen LogP contribution is 2.20.